The number of nitrogens with one attached hydrogen (secondary N) is 1. The van der Waals surface area contributed by atoms with E-state index in [1.54, 1.807) is 0 Å². The van der Waals surface area contributed by atoms with E-state index in [0.717, 1.165) is 24.6 Å². The minimum absolute atomic E-state index is 0.0597. The minimum Gasteiger partial charge on any atom is -0.338 e. The molecule has 4 nitrogen and oxygen atoms in total. The van der Waals surface area contributed by atoms with Crippen molar-refractivity contribution in [3.63, 3.8) is 0 Å². The number of aryl methyl sites for hydroxylation is 1. The van der Waals surface area contributed by atoms with Crippen LogP contribution in [0.2, 0.25) is 0 Å². The maximum absolute atomic E-state index is 4.47. The van der Waals surface area contributed by atoms with Crippen LogP contribution in [0.4, 0.5) is 5.95 Å². The maximum Gasteiger partial charge on any atom is 0.244 e. The van der Waals surface area contributed by atoms with Gasteiger partial charge in [0.25, 0.3) is 0 Å². The van der Waals surface area contributed by atoms with Crippen molar-refractivity contribution >= 4 is 5.95 Å². The van der Waals surface area contributed by atoms with Crippen LogP contribution in [0, 0.1) is 0 Å². The Morgan fingerprint density at radius 2 is 2.00 bits per heavy atom. The largest absolute Gasteiger partial charge is 0.338 e. The molecule has 0 aliphatic carbocycles. The highest BCUT2D eigenvalue weighted by Gasteiger charge is 2.20. The zero-order valence-corrected chi connectivity index (χ0v) is 10.5. The number of anilines is 1. The zero-order chi connectivity index (χ0) is 11.5. The Hall–Kier alpha value is -1.06. The van der Waals surface area contributed by atoms with Crippen LogP contribution >= 0.6 is 0 Å². The van der Waals surface area contributed by atoms with E-state index < -0.39 is 0 Å². The first-order chi connectivity index (χ1) is 6.95. The molecule has 0 aliphatic rings. The summed E-state index contributed by atoms with van der Waals surface area (Å²) in [4.78, 5) is 6.56. The molecule has 0 spiro atoms. The molecule has 0 aromatic carbocycles. The molecule has 0 fully saturated rings. The molecule has 0 saturated heterocycles. The fraction of sp³-hybridized carbons (Fsp3) is 0.818. The SMILES string of the molecule is CCCCc1nc(N(C)C(C)(C)C)n[nH]1. The maximum atomic E-state index is 4.47. The second kappa shape index (κ2) is 4.64. The smallest absolute Gasteiger partial charge is 0.244 e. The summed E-state index contributed by atoms with van der Waals surface area (Å²) in [6.45, 7) is 8.62. The number of hydrogen-bond acceptors (Lipinski definition) is 3. The van der Waals surface area contributed by atoms with Gasteiger partial charge in [0.05, 0.1) is 0 Å². The summed E-state index contributed by atoms with van der Waals surface area (Å²) in [5, 5.41) is 7.22. The van der Waals surface area contributed by atoms with Crippen LogP contribution in [-0.2, 0) is 6.42 Å². The fourth-order valence-corrected chi connectivity index (χ4v) is 1.19. The number of hydrogen-bond donors (Lipinski definition) is 1. The lowest BCUT2D eigenvalue weighted by atomic mass is 10.1. The Bertz CT molecular complexity index is 298. The van der Waals surface area contributed by atoms with Crippen molar-refractivity contribution in [1.29, 1.82) is 0 Å². The predicted molar refractivity (Wildman–Crippen MR) is 63.2 cm³/mol. The van der Waals surface area contributed by atoms with Gasteiger partial charge in [-0.25, -0.2) is 0 Å². The van der Waals surface area contributed by atoms with Crippen molar-refractivity contribution in [1.82, 2.24) is 15.2 Å². The van der Waals surface area contributed by atoms with E-state index in [9.17, 15) is 0 Å². The van der Waals surface area contributed by atoms with Crippen molar-refractivity contribution in [3.05, 3.63) is 5.82 Å². The zero-order valence-electron chi connectivity index (χ0n) is 10.5. The van der Waals surface area contributed by atoms with Gasteiger partial charge in [0.1, 0.15) is 5.82 Å². The average molecular weight is 210 g/mol. The number of unbranched alkanes of at least 4 members (excludes halogenated alkanes) is 1. The lowest BCUT2D eigenvalue weighted by Gasteiger charge is -2.30. The van der Waals surface area contributed by atoms with Crippen molar-refractivity contribution in [2.24, 2.45) is 0 Å². The van der Waals surface area contributed by atoms with Gasteiger partial charge in [0, 0.05) is 19.0 Å². The molecule has 1 N–H and O–H groups in total. The van der Waals surface area contributed by atoms with Crippen molar-refractivity contribution in [3.8, 4) is 0 Å². The number of nitrogens with zero attached hydrogens (tertiary/aromatic N) is 3. The molecule has 0 atom stereocenters. The monoisotopic (exact) mass is 210 g/mol. The number of rotatable bonds is 4. The van der Waals surface area contributed by atoms with E-state index in [1.165, 1.54) is 6.42 Å². The quantitative estimate of drug-likeness (QED) is 0.830. The lowest BCUT2D eigenvalue weighted by Crippen LogP contribution is -2.38. The third-order valence-corrected chi connectivity index (χ3v) is 2.59. The molecule has 0 bridgehead atoms. The van der Waals surface area contributed by atoms with Crippen LogP contribution in [0.15, 0.2) is 0 Å². The van der Waals surface area contributed by atoms with Gasteiger partial charge in [-0.15, -0.1) is 5.10 Å². The van der Waals surface area contributed by atoms with Gasteiger partial charge in [-0.3, -0.25) is 5.10 Å². The Morgan fingerprint density at radius 3 is 2.53 bits per heavy atom. The van der Waals surface area contributed by atoms with Gasteiger partial charge in [0.15, 0.2) is 0 Å². The summed E-state index contributed by atoms with van der Waals surface area (Å²) in [7, 11) is 2.02. The molecule has 0 saturated carbocycles. The lowest BCUT2D eigenvalue weighted by molar-refractivity contribution is 0.529. The number of aromatic nitrogens is 3. The van der Waals surface area contributed by atoms with Crippen molar-refractivity contribution in [2.45, 2.75) is 52.5 Å². The second-order valence-corrected chi connectivity index (χ2v) is 4.92. The third-order valence-electron chi connectivity index (χ3n) is 2.59. The van der Waals surface area contributed by atoms with Gasteiger partial charge < -0.3 is 4.90 Å². The molecular formula is C11H22N4. The van der Waals surface area contributed by atoms with Crippen LogP contribution in [-0.4, -0.2) is 27.8 Å². The predicted octanol–water partition coefficient (Wildman–Crippen LogP) is 2.38. The molecule has 0 unspecified atom stereocenters. The molecule has 4 heteroatoms. The van der Waals surface area contributed by atoms with E-state index in [2.05, 4.69) is 47.8 Å². The molecule has 0 amide bonds. The number of aromatic amines is 1. The van der Waals surface area contributed by atoms with E-state index >= 15 is 0 Å². The van der Waals surface area contributed by atoms with Crippen LogP contribution in [0.1, 0.15) is 46.4 Å². The second-order valence-electron chi connectivity index (χ2n) is 4.92. The van der Waals surface area contributed by atoms with E-state index in [0.29, 0.717) is 0 Å². The first-order valence-electron chi connectivity index (χ1n) is 5.60. The normalized spacial score (nSPS) is 11.8. The minimum atomic E-state index is 0.0597. The van der Waals surface area contributed by atoms with Gasteiger partial charge in [-0.1, -0.05) is 13.3 Å². The van der Waals surface area contributed by atoms with Gasteiger partial charge >= 0.3 is 0 Å². The Kier molecular flexibility index (Phi) is 3.72. The summed E-state index contributed by atoms with van der Waals surface area (Å²) < 4.78 is 0. The van der Waals surface area contributed by atoms with Gasteiger partial charge in [-0.05, 0) is 27.2 Å². The summed E-state index contributed by atoms with van der Waals surface area (Å²) in [6, 6.07) is 0. The average Bonchev–Trinajstić information content (AvgIpc) is 2.60. The summed E-state index contributed by atoms with van der Waals surface area (Å²) >= 11 is 0. The van der Waals surface area contributed by atoms with Crippen molar-refractivity contribution < 1.29 is 0 Å². The standard InChI is InChI=1S/C11H22N4/c1-6-7-8-9-12-10(14-13-9)15(5)11(2,3)4/h6-8H2,1-5H3,(H,12,13,14). The Morgan fingerprint density at radius 1 is 1.33 bits per heavy atom. The highest BCUT2D eigenvalue weighted by atomic mass is 15.4. The Balaban J connectivity index is 2.67. The van der Waals surface area contributed by atoms with Crippen molar-refractivity contribution in [2.75, 3.05) is 11.9 Å². The molecular weight excluding hydrogens is 188 g/mol. The first kappa shape index (κ1) is 12.0. The van der Waals surface area contributed by atoms with Crippen LogP contribution in [0.3, 0.4) is 0 Å². The van der Waals surface area contributed by atoms with Crippen LogP contribution < -0.4 is 4.90 Å². The van der Waals surface area contributed by atoms with Crippen LogP contribution in [0.5, 0.6) is 0 Å². The molecule has 1 aromatic heterocycles. The first-order valence-corrected chi connectivity index (χ1v) is 5.60. The van der Waals surface area contributed by atoms with Gasteiger partial charge in [0.2, 0.25) is 5.95 Å². The summed E-state index contributed by atoms with van der Waals surface area (Å²) in [5.74, 6) is 1.77. The molecule has 86 valence electrons. The molecule has 0 aliphatic heterocycles. The third kappa shape index (κ3) is 3.22. The highest BCUT2D eigenvalue weighted by Crippen LogP contribution is 2.17. The number of H-pyrrole nitrogens is 1. The topological polar surface area (TPSA) is 44.8 Å². The molecule has 1 aromatic rings. The molecule has 15 heavy (non-hydrogen) atoms. The summed E-state index contributed by atoms with van der Waals surface area (Å²) in [6.07, 6.45) is 3.33. The highest BCUT2D eigenvalue weighted by molar-refractivity contribution is 5.31. The van der Waals surface area contributed by atoms with E-state index in [-0.39, 0.29) is 5.54 Å². The fourth-order valence-electron chi connectivity index (χ4n) is 1.19. The van der Waals surface area contributed by atoms with Gasteiger partial charge in [-0.2, -0.15) is 4.98 Å². The molecule has 0 radical (unpaired) electrons. The van der Waals surface area contributed by atoms with Crippen LogP contribution in [0.25, 0.3) is 0 Å². The molecule has 1 rings (SSSR count). The van der Waals surface area contributed by atoms with E-state index in [1.807, 2.05) is 7.05 Å². The van der Waals surface area contributed by atoms with E-state index in [4.69, 9.17) is 0 Å². The Labute approximate surface area is 92.1 Å². The summed E-state index contributed by atoms with van der Waals surface area (Å²) in [5.41, 5.74) is 0.0597. The molecule has 1 heterocycles.